The maximum absolute atomic E-state index is 11.8. The van der Waals surface area contributed by atoms with Gasteiger partial charge in [0.2, 0.25) is 0 Å². The summed E-state index contributed by atoms with van der Waals surface area (Å²) in [6.45, 7) is -0.209. The van der Waals surface area contributed by atoms with Crippen LogP contribution in [0.2, 0.25) is 0 Å². The molecule has 2 unspecified atom stereocenters. The summed E-state index contributed by atoms with van der Waals surface area (Å²) in [5, 5.41) is 0. The normalized spacial score (nSPS) is 35.3. The molecular formula is C6H12FNS. The lowest BCUT2D eigenvalue weighted by molar-refractivity contribution is 0.385. The monoisotopic (exact) mass is 149 g/mol. The van der Waals surface area contributed by atoms with Crippen LogP contribution in [0.1, 0.15) is 6.42 Å². The molecule has 0 radical (unpaired) electrons. The van der Waals surface area contributed by atoms with Crippen molar-refractivity contribution >= 4 is 11.8 Å². The van der Waals surface area contributed by atoms with Crippen molar-refractivity contribution in [3.05, 3.63) is 0 Å². The average molecular weight is 149 g/mol. The van der Waals surface area contributed by atoms with Crippen molar-refractivity contribution in [2.24, 2.45) is 11.7 Å². The highest BCUT2D eigenvalue weighted by molar-refractivity contribution is 7.99. The lowest BCUT2D eigenvalue weighted by atomic mass is 10.0. The molecule has 3 heteroatoms. The lowest BCUT2D eigenvalue weighted by Crippen LogP contribution is -2.28. The Kier molecular flexibility index (Phi) is 2.79. The minimum Gasteiger partial charge on any atom is -0.327 e. The molecule has 0 aromatic heterocycles. The van der Waals surface area contributed by atoms with Crippen LogP contribution in [0.4, 0.5) is 4.39 Å². The molecule has 9 heavy (non-hydrogen) atoms. The Labute approximate surface area is 59.2 Å². The molecule has 0 amide bonds. The molecule has 1 nitrogen and oxygen atoms in total. The second kappa shape index (κ2) is 3.42. The van der Waals surface area contributed by atoms with Gasteiger partial charge in [-0.3, -0.25) is 4.39 Å². The maximum atomic E-state index is 11.8. The molecule has 0 saturated carbocycles. The average Bonchev–Trinajstić information content (AvgIpc) is 2.18. The van der Waals surface area contributed by atoms with Crippen LogP contribution in [-0.4, -0.2) is 24.2 Å². The second-order valence-electron chi connectivity index (χ2n) is 2.44. The fraction of sp³-hybridized carbons (Fsp3) is 1.00. The molecule has 0 spiro atoms. The van der Waals surface area contributed by atoms with Gasteiger partial charge in [-0.25, -0.2) is 0 Å². The van der Waals surface area contributed by atoms with Gasteiger partial charge in [0, 0.05) is 11.8 Å². The highest BCUT2D eigenvalue weighted by Gasteiger charge is 2.23. The summed E-state index contributed by atoms with van der Waals surface area (Å²) in [5.41, 5.74) is 5.68. The Hall–Kier alpha value is 0.240. The SMILES string of the molecule is NC1CSCC1CCF. The summed E-state index contributed by atoms with van der Waals surface area (Å²) < 4.78 is 11.8. The first-order chi connectivity index (χ1) is 4.34. The van der Waals surface area contributed by atoms with Crippen molar-refractivity contribution in [2.75, 3.05) is 18.2 Å². The molecule has 1 rings (SSSR count). The van der Waals surface area contributed by atoms with E-state index in [1.54, 1.807) is 0 Å². The predicted octanol–water partition coefficient (Wildman–Crippen LogP) is 1.04. The number of hydrogen-bond donors (Lipinski definition) is 1. The Morgan fingerprint density at radius 1 is 1.56 bits per heavy atom. The molecule has 0 bridgehead atoms. The lowest BCUT2D eigenvalue weighted by Gasteiger charge is -2.10. The summed E-state index contributed by atoms with van der Waals surface area (Å²) in [4.78, 5) is 0. The topological polar surface area (TPSA) is 26.0 Å². The van der Waals surface area contributed by atoms with Crippen molar-refractivity contribution in [2.45, 2.75) is 12.5 Å². The van der Waals surface area contributed by atoms with E-state index >= 15 is 0 Å². The fourth-order valence-corrected chi connectivity index (χ4v) is 2.45. The second-order valence-corrected chi connectivity index (χ2v) is 3.51. The molecule has 1 aliphatic heterocycles. The van der Waals surface area contributed by atoms with E-state index in [-0.39, 0.29) is 12.7 Å². The van der Waals surface area contributed by atoms with Crippen LogP contribution in [0.3, 0.4) is 0 Å². The largest absolute Gasteiger partial charge is 0.327 e. The van der Waals surface area contributed by atoms with Crippen LogP contribution >= 0.6 is 11.8 Å². The molecule has 1 fully saturated rings. The van der Waals surface area contributed by atoms with Gasteiger partial charge in [-0.2, -0.15) is 11.8 Å². The Bertz CT molecular complexity index is 89.1. The van der Waals surface area contributed by atoms with E-state index in [4.69, 9.17) is 5.73 Å². The number of hydrogen-bond acceptors (Lipinski definition) is 2. The quantitative estimate of drug-likeness (QED) is 0.634. The van der Waals surface area contributed by atoms with Gasteiger partial charge in [0.15, 0.2) is 0 Å². The molecule has 54 valence electrons. The van der Waals surface area contributed by atoms with Crippen LogP contribution < -0.4 is 5.73 Å². The Morgan fingerprint density at radius 2 is 2.33 bits per heavy atom. The third kappa shape index (κ3) is 1.83. The first-order valence-corrected chi connectivity index (χ1v) is 4.39. The minimum absolute atomic E-state index is 0.209. The smallest absolute Gasteiger partial charge is 0.0898 e. The van der Waals surface area contributed by atoms with E-state index in [0.717, 1.165) is 11.5 Å². The van der Waals surface area contributed by atoms with Gasteiger partial charge in [-0.05, 0) is 18.1 Å². The van der Waals surface area contributed by atoms with Gasteiger partial charge in [-0.15, -0.1) is 0 Å². The molecule has 1 heterocycles. The van der Waals surface area contributed by atoms with Crippen LogP contribution in [0.5, 0.6) is 0 Å². The molecule has 0 aromatic carbocycles. The first-order valence-electron chi connectivity index (χ1n) is 3.24. The van der Waals surface area contributed by atoms with Crippen LogP contribution in [0, 0.1) is 5.92 Å². The number of thioether (sulfide) groups is 1. The summed E-state index contributed by atoms with van der Waals surface area (Å²) in [6.07, 6.45) is 0.661. The van der Waals surface area contributed by atoms with Gasteiger partial charge in [-0.1, -0.05) is 0 Å². The summed E-state index contributed by atoms with van der Waals surface area (Å²) in [6, 6.07) is 0.255. The number of halogens is 1. The van der Waals surface area contributed by atoms with Gasteiger partial charge < -0.3 is 5.73 Å². The highest BCUT2D eigenvalue weighted by atomic mass is 32.2. The van der Waals surface area contributed by atoms with Crippen molar-refractivity contribution in [1.29, 1.82) is 0 Å². The predicted molar refractivity (Wildman–Crippen MR) is 39.4 cm³/mol. The van der Waals surface area contributed by atoms with E-state index < -0.39 is 0 Å². The van der Waals surface area contributed by atoms with Gasteiger partial charge in [0.1, 0.15) is 0 Å². The van der Waals surface area contributed by atoms with Gasteiger partial charge in [0.05, 0.1) is 6.67 Å². The van der Waals surface area contributed by atoms with Crippen molar-refractivity contribution in [3.63, 3.8) is 0 Å². The van der Waals surface area contributed by atoms with Crippen molar-refractivity contribution < 1.29 is 4.39 Å². The zero-order valence-corrected chi connectivity index (χ0v) is 6.16. The molecule has 2 N–H and O–H groups in total. The molecule has 1 saturated heterocycles. The standard InChI is InChI=1S/C6H12FNS/c7-2-1-5-3-9-4-6(5)8/h5-6H,1-4,8H2. The van der Waals surface area contributed by atoms with Crippen LogP contribution in [0.25, 0.3) is 0 Å². The summed E-state index contributed by atoms with van der Waals surface area (Å²) in [5.74, 6) is 2.52. The molecular weight excluding hydrogens is 137 g/mol. The van der Waals surface area contributed by atoms with Crippen LogP contribution in [-0.2, 0) is 0 Å². The number of nitrogens with two attached hydrogens (primary N) is 1. The Morgan fingerprint density at radius 3 is 2.78 bits per heavy atom. The maximum Gasteiger partial charge on any atom is 0.0898 e. The Balaban J connectivity index is 2.22. The summed E-state index contributed by atoms with van der Waals surface area (Å²) >= 11 is 1.84. The third-order valence-corrected chi connectivity index (χ3v) is 3.01. The first kappa shape index (κ1) is 7.35. The number of alkyl halides is 1. The van der Waals surface area contributed by atoms with Crippen molar-refractivity contribution in [1.82, 2.24) is 0 Å². The van der Waals surface area contributed by atoms with E-state index in [1.807, 2.05) is 11.8 Å². The summed E-state index contributed by atoms with van der Waals surface area (Å²) in [7, 11) is 0. The number of rotatable bonds is 2. The van der Waals surface area contributed by atoms with E-state index in [9.17, 15) is 4.39 Å². The van der Waals surface area contributed by atoms with Gasteiger partial charge >= 0.3 is 0 Å². The zero-order valence-electron chi connectivity index (χ0n) is 5.35. The molecule has 1 aliphatic rings. The van der Waals surface area contributed by atoms with E-state index in [1.165, 1.54) is 0 Å². The third-order valence-electron chi connectivity index (χ3n) is 1.73. The molecule has 2 atom stereocenters. The molecule has 0 aliphatic carbocycles. The highest BCUT2D eigenvalue weighted by Crippen LogP contribution is 2.24. The van der Waals surface area contributed by atoms with E-state index in [2.05, 4.69) is 0 Å². The fourth-order valence-electron chi connectivity index (χ4n) is 1.05. The molecule has 0 aromatic rings. The van der Waals surface area contributed by atoms with E-state index in [0.29, 0.717) is 12.3 Å². The minimum atomic E-state index is -0.209. The zero-order chi connectivity index (χ0) is 6.69. The van der Waals surface area contributed by atoms with Crippen molar-refractivity contribution in [3.8, 4) is 0 Å². The van der Waals surface area contributed by atoms with Gasteiger partial charge in [0.25, 0.3) is 0 Å². The van der Waals surface area contributed by atoms with Crippen LogP contribution in [0.15, 0.2) is 0 Å².